The molecule has 129 heavy (non-hydrogen) atoms. The van der Waals surface area contributed by atoms with Crippen LogP contribution in [0.1, 0.15) is 165 Å². The molecule has 0 unspecified atom stereocenters. The molecular formula is C103H134N2O24. The number of nitrogens with one attached hydrogen (secondary N) is 2. The maximum absolute atomic E-state index is 11.6. The van der Waals surface area contributed by atoms with E-state index in [4.69, 9.17) is 47.4 Å². The minimum Gasteiger partial charge on any atom is -0.497 e. The zero-order chi connectivity index (χ0) is 88.6. The topological polar surface area (TPSA) is 324 Å². The minimum absolute atomic E-state index is 0. The number of hydrogen-bond acceptors (Lipinski definition) is 24. The maximum atomic E-state index is 11.6. The van der Waals surface area contributed by atoms with E-state index in [-0.39, 0.29) is 102 Å². The molecule has 0 aliphatic carbocycles. The summed E-state index contributed by atoms with van der Waals surface area (Å²) in [5, 5.41) is 11.3. The normalized spacial score (nSPS) is 8.91. The van der Waals surface area contributed by atoms with Gasteiger partial charge in [0.25, 0.3) is 11.8 Å². The number of benzene rings is 12. The Kier molecular flexibility index (Phi) is 65.1. The van der Waals surface area contributed by atoms with Gasteiger partial charge in [0.1, 0.15) is 46.0 Å². The van der Waals surface area contributed by atoms with Gasteiger partial charge in [-0.2, -0.15) is 0 Å². The summed E-state index contributed by atoms with van der Waals surface area (Å²) in [6.45, 7) is 11.1. The summed E-state index contributed by atoms with van der Waals surface area (Å²) in [5.41, 5.74) is 8.13. The van der Waals surface area contributed by atoms with Crippen molar-refractivity contribution in [2.75, 3.05) is 85.2 Å². The number of carbonyl (C=O) groups excluding carboxylic acids is 10. The van der Waals surface area contributed by atoms with Gasteiger partial charge in [0.05, 0.1) is 93.4 Å². The Labute approximate surface area is 763 Å². The highest BCUT2D eigenvalue weighted by Crippen LogP contribution is 2.33. The number of carbonyl (C=O) groups is 10. The lowest BCUT2D eigenvalue weighted by Gasteiger charge is -2.08. The summed E-state index contributed by atoms with van der Waals surface area (Å²) >= 11 is 0. The Morgan fingerprint density at radius 2 is 0.473 bits per heavy atom. The van der Waals surface area contributed by atoms with E-state index in [1.807, 2.05) is 60.7 Å². The predicted molar refractivity (Wildman–Crippen MR) is 517 cm³/mol. The molecule has 0 saturated carbocycles. The Bertz CT molecular complexity index is 4910. The van der Waals surface area contributed by atoms with E-state index in [1.165, 1.54) is 138 Å². The van der Waals surface area contributed by atoms with Crippen LogP contribution in [0, 0.1) is 27.7 Å². The van der Waals surface area contributed by atoms with Gasteiger partial charge < -0.3 is 76.9 Å². The number of ether oxygens (including phenoxy) is 14. The molecular weight excluding hydrogens is 1650 g/mol. The van der Waals surface area contributed by atoms with Crippen LogP contribution in [0.2, 0.25) is 0 Å². The molecule has 0 fully saturated rings. The van der Waals surface area contributed by atoms with Crippen LogP contribution < -0.4 is 48.5 Å². The van der Waals surface area contributed by atoms with Crippen LogP contribution >= 0.6 is 0 Å². The lowest BCUT2D eigenvalue weighted by molar-refractivity contribution is -0.133. The third-order valence-electron chi connectivity index (χ3n) is 16.4. The van der Waals surface area contributed by atoms with Crippen LogP contribution in [-0.2, 0) is 38.0 Å². The molecule has 26 heteroatoms. The fraction of sp³-hybridized carbons (Fsp3) is 0.262. The average Bonchev–Trinajstić information content (AvgIpc) is 0.787. The predicted octanol–water partition coefficient (Wildman–Crippen LogP) is 23.6. The third-order valence-corrected chi connectivity index (χ3v) is 16.4. The molecule has 2 amide bonds. The molecule has 0 aliphatic rings. The number of esters is 6. The van der Waals surface area contributed by atoms with Gasteiger partial charge in [-0.1, -0.05) is 187 Å². The molecule has 0 radical (unpaired) electrons. The number of hydrogen-bond donors (Lipinski definition) is 2. The molecule has 12 aromatic carbocycles. The van der Waals surface area contributed by atoms with Crippen LogP contribution in [0.25, 0.3) is 32.3 Å². The molecule has 0 saturated heterocycles. The van der Waals surface area contributed by atoms with Crippen molar-refractivity contribution in [2.45, 2.75) is 108 Å². The summed E-state index contributed by atoms with van der Waals surface area (Å²) in [5.74, 6) is 2.06. The molecule has 0 heterocycles. The average molecular weight is 1780 g/mol. The van der Waals surface area contributed by atoms with Crippen LogP contribution in [0.5, 0.6) is 46.0 Å². The van der Waals surface area contributed by atoms with Gasteiger partial charge in [0.15, 0.2) is 0 Å². The molecule has 26 nitrogen and oxygen atoms in total. The number of amides is 2. The van der Waals surface area contributed by atoms with Gasteiger partial charge in [-0.25, -0.2) is 28.8 Å². The van der Waals surface area contributed by atoms with E-state index in [2.05, 4.69) is 118 Å². The molecule has 12 aromatic rings. The lowest BCUT2D eigenvalue weighted by Crippen LogP contribution is -2.19. The molecule has 0 aliphatic heterocycles. The Balaban J connectivity index is -0.000000329. The highest BCUT2D eigenvalue weighted by Gasteiger charge is 2.17. The van der Waals surface area contributed by atoms with E-state index in [0.29, 0.717) is 55.7 Å². The first-order valence-corrected chi connectivity index (χ1v) is 36.4. The number of fused-ring (bicyclic) bond motifs is 3. The van der Waals surface area contributed by atoms with E-state index in [9.17, 15) is 47.9 Å². The summed E-state index contributed by atoms with van der Waals surface area (Å²) in [7, 11) is 17.4. The molecule has 700 valence electrons. The van der Waals surface area contributed by atoms with Crippen molar-refractivity contribution in [1.29, 1.82) is 0 Å². The zero-order valence-corrected chi connectivity index (χ0v) is 70.0. The Morgan fingerprint density at radius 1 is 0.233 bits per heavy atom. The van der Waals surface area contributed by atoms with E-state index in [1.54, 1.807) is 127 Å². The quantitative estimate of drug-likeness (QED) is 0.0442. The van der Waals surface area contributed by atoms with Crippen molar-refractivity contribution >= 4 is 92.3 Å². The van der Waals surface area contributed by atoms with Gasteiger partial charge in [-0.3, -0.25) is 19.2 Å². The number of rotatable bonds is 14. The van der Waals surface area contributed by atoms with Gasteiger partial charge in [0, 0.05) is 49.8 Å². The summed E-state index contributed by atoms with van der Waals surface area (Å²) in [6.07, 6.45) is -1.64. The highest BCUT2D eigenvalue weighted by atomic mass is 16.7. The van der Waals surface area contributed by atoms with Crippen molar-refractivity contribution < 1.29 is 114 Å². The smallest absolute Gasteiger partial charge is 0.497 e. The molecule has 12 rings (SSSR count). The summed E-state index contributed by atoms with van der Waals surface area (Å²) in [4.78, 5) is 110. The van der Waals surface area contributed by atoms with Crippen LogP contribution in [0.4, 0.5) is 9.59 Å². The monoisotopic (exact) mass is 1780 g/mol. The van der Waals surface area contributed by atoms with E-state index in [0.717, 1.165) is 33.8 Å². The highest BCUT2D eigenvalue weighted by molar-refractivity contribution is 6.12. The second-order valence-corrected chi connectivity index (χ2v) is 24.5. The summed E-state index contributed by atoms with van der Waals surface area (Å²) < 4.78 is 66.5. The fourth-order valence-corrected chi connectivity index (χ4v) is 10.2. The van der Waals surface area contributed by atoms with Crippen LogP contribution in [0.15, 0.2) is 255 Å². The standard InChI is InChI=1S/C14H12O4.C12H12O2.C12H12.C10H12N2O2.C10H10O6.2C10H10O4.C8H10O2.C8H10.9CH4/c1-17-13(15)11-7-8-12(14(16)18-2)10-6-4-3-5-9(10)11;1-13-11-7-8-12(14-2)10-6-4-3-5-9(10)11;1-9-7-8-10(2)12-6-4-3-5-11(9)12;1-11-9(13)7-3-5-8(6-4-7)10(14)12-2;1-13-9(11)15-7-3-5-8(6-4-7)16-10(12)14-2;1-13-9(11)7-3-5-8(6-4-7)10(12)14-2;1-7(11)13-9-3-5-10(6-4-9)14-8(2)12;1-9-7-3-5-8(10-2)6-4-7;1-7-3-5-8(2)6-4-7;;;;;;;;;/h3-8H,1-2H3;3-8H,1-2H3;3-8H,1-2H3;3-6H,1-2H3,(H,11,13)(H,12,14);3-6H,1-2H3;2*3-6H,1-2H3;3-6H,1-2H3;3-6H,1-2H3;9*1H4. The number of aryl methyl sites for hydroxylation is 4. The Hall–Kier alpha value is -15.1. The van der Waals surface area contributed by atoms with Crippen molar-refractivity contribution in [3.8, 4) is 46.0 Å². The summed E-state index contributed by atoms with van der Waals surface area (Å²) in [6, 6.07) is 75.5. The molecule has 2 N–H and O–H groups in total. The molecule has 0 aromatic heterocycles. The maximum Gasteiger partial charge on any atom is 0.513 e. The Morgan fingerprint density at radius 3 is 0.705 bits per heavy atom. The first-order valence-electron chi connectivity index (χ1n) is 36.4. The first-order chi connectivity index (χ1) is 57.6. The van der Waals surface area contributed by atoms with E-state index < -0.39 is 36.2 Å². The molecule has 0 bridgehead atoms. The molecule has 0 spiro atoms. The largest absolute Gasteiger partial charge is 0.513 e. The minimum atomic E-state index is -0.818. The second-order valence-electron chi connectivity index (χ2n) is 24.5. The van der Waals surface area contributed by atoms with Crippen molar-refractivity contribution in [3.05, 3.63) is 310 Å². The van der Waals surface area contributed by atoms with E-state index >= 15 is 0 Å². The second kappa shape index (κ2) is 67.3. The van der Waals surface area contributed by atoms with Gasteiger partial charge >= 0.3 is 48.1 Å². The van der Waals surface area contributed by atoms with Gasteiger partial charge in [-0.15, -0.1) is 0 Å². The van der Waals surface area contributed by atoms with Gasteiger partial charge in [-0.05, 0) is 206 Å². The van der Waals surface area contributed by atoms with Crippen molar-refractivity contribution in [3.63, 3.8) is 0 Å². The SMILES string of the molecule is C.C.C.C.C.C.C.C.C.CC(=O)Oc1ccc(OC(C)=O)cc1.CNC(=O)c1ccc(C(=O)NC)cc1.COC(=O)Oc1ccc(OC(=O)OC)cc1.COC(=O)c1ccc(C(=O)OC)c2ccccc12.COC(=O)c1ccc(C(=O)OC)cc1.COc1ccc(OC)c2ccccc12.COc1ccc(OC)cc1.Cc1ccc(C)c2ccccc12.Cc1ccc(C)cc1. The molecule has 0 atom stereocenters. The van der Waals surface area contributed by atoms with Crippen LogP contribution in [0.3, 0.4) is 0 Å². The fourth-order valence-electron chi connectivity index (χ4n) is 10.2. The van der Waals surface area contributed by atoms with Gasteiger partial charge in [0.2, 0.25) is 0 Å². The zero-order valence-electron chi connectivity index (χ0n) is 70.0. The van der Waals surface area contributed by atoms with Crippen molar-refractivity contribution in [1.82, 2.24) is 10.6 Å². The third kappa shape index (κ3) is 42.4. The van der Waals surface area contributed by atoms with Crippen LogP contribution in [-0.4, -0.2) is 145 Å². The van der Waals surface area contributed by atoms with Crippen molar-refractivity contribution in [2.24, 2.45) is 0 Å². The lowest BCUT2D eigenvalue weighted by atomic mass is 9.99. The number of methoxy groups -OCH3 is 10. The first kappa shape index (κ1) is 125.